The van der Waals surface area contributed by atoms with Crippen molar-refractivity contribution < 1.29 is 4.92 Å². The molecule has 4 rings (SSSR count). The average molecular weight is 350 g/mol. The maximum absolute atomic E-state index is 10.9. The summed E-state index contributed by atoms with van der Waals surface area (Å²) in [4.78, 5) is 14.6. The highest BCUT2D eigenvalue weighted by Gasteiger charge is 2.22. The van der Waals surface area contributed by atoms with E-state index in [2.05, 4.69) is 31.2 Å². The second-order valence-corrected chi connectivity index (χ2v) is 5.87. The van der Waals surface area contributed by atoms with Crippen molar-refractivity contribution in [2.24, 2.45) is 0 Å². The Balaban J connectivity index is 1.51. The molecule has 0 N–H and O–H groups in total. The van der Waals surface area contributed by atoms with Crippen LogP contribution in [0.25, 0.3) is 5.65 Å². The Bertz CT molecular complexity index is 1020. The first kappa shape index (κ1) is 15.8. The third kappa shape index (κ3) is 2.75. The van der Waals surface area contributed by atoms with Gasteiger partial charge in [-0.05, 0) is 18.2 Å². The number of anilines is 2. The molecule has 26 heavy (non-hydrogen) atoms. The second kappa shape index (κ2) is 6.29. The Morgan fingerprint density at radius 3 is 2.62 bits per heavy atom. The number of hydrogen-bond donors (Lipinski definition) is 0. The molecule has 1 aliphatic heterocycles. The summed E-state index contributed by atoms with van der Waals surface area (Å²) in [5, 5.41) is 32.5. The number of nitro benzene ring substituents is 1. The number of rotatable bonds is 3. The van der Waals surface area contributed by atoms with Gasteiger partial charge in [0.15, 0.2) is 5.65 Å². The van der Waals surface area contributed by atoms with Crippen LogP contribution in [-0.4, -0.2) is 50.9 Å². The molecule has 0 amide bonds. The number of piperazine rings is 1. The number of benzene rings is 1. The van der Waals surface area contributed by atoms with E-state index in [0.29, 0.717) is 24.3 Å². The number of hydrogen-bond acceptors (Lipinski definition) is 8. The summed E-state index contributed by atoms with van der Waals surface area (Å²) in [6, 6.07) is 10.2. The Kier molecular flexibility index (Phi) is 3.81. The highest BCUT2D eigenvalue weighted by atomic mass is 16.6. The van der Waals surface area contributed by atoms with Crippen molar-refractivity contribution in [3.8, 4) is 6.07 Å². The highest BCUT2D eigenvalue weighted by Crippen LogP contribution is 2.26. The van der Waals surface area contributed by atoms with Crippen LogP contribution >= 0.6 is 0 Å². The van der Waals surface area contributed by atoms with Crippen molar-refractivity contribution >= 4 is 22.8 Å². The lowest BCUT2D eigenvalue weighted by Gasteiger charge is -2.36. The van der Waals surface area contributed by atoms with Gasteiger partial charge in [-0.15, -0.1) is 15.3 Å². The summed E-state index contributed by atoms with van der Waals surface area (Å²) in [5.41, 5.74) is 1.66. The molecule has 3 heterocycles. The predicted octanol–water partition coefficient (Wildman–Crippen LogP) is 1.23. The van der Waals surface area contributed by atoms with Gasteiger partial charge in [-0.25, -0.2) is 0 Å². The normalized spacial score (nSPS) is 14.4. The molecule has 0 saturated carbocycles. The monoisotopic (exact) mass is 350 g/mol. The van der Waals surface area contributed by atoms with Gasteiger partial charge in [0.1, 0.15) is 18.2 Å². The summed E-state index contributed by atoms with van der Waals surface area (Å²) in [6.45, 7) is 2.83. The molecule has 0 spiro atoms. The first-order valence-corrected chi connectivity index (χ1v) is 8.01. The van der Waals surface area contributed by atoms with Gasteiger partial charge in [0, 0.05) is 38.3 Å². The topological polar surface area (TPSA) is 116 Å². The van der Waals surface area contributed by atoms with E-state index in [1.807, 2.05) is 12.1 Å². The van der Waals surface area contributed by atoms with Crippen molar-refractivity contribution in [2.45, 2.75) is 0 Å². The van der Waals surface area contributed by atoms with Crippen LogP contribution in [0.1, 0.15) is 5.56 Å². The number of fused-ring (bicyclic) bond motifs is 1. The maximum Gasteiger partial charge on any atom is 0.270 e. The van der Waals surface area contributed by atoms with E-state index >= 15 is 0 Å². The number of non-ortho nitro benzene ring substituents is 1. The van der Waals surface area contributed by atoms with Crippen LogP contribution in [0.3, 0.4) is 0 Å². The molecule has 130 valence electrons. The van der Waals surface area contributed by atoms with Gasteiger partial charge in [-0.2, -0.15) is 9.78 Å². The van der Waals surface area contributed by atoms with Crippen LogP contribution in [0.15, 0.2) is 36.7 Å². The molecule has 10 nitrogen and oxygen atoms in total. The summed E-state index contributed by atoms with van der Waals surface area (Å²) < 4.78 is 1.63. The third-order valence-electron chi connectivity index (χ3n) is 4.40. The zero-order valence-corrected chi connectivity index (χ0v) is 13.7. The molecule has 0 atom stereocenters. The van der Waals surface area contributed by atoms with Gasteiger partial charge >= 0.3 is 0 Å². The zero-order valence-electron chi connectivity index (χ0n) is 13.7. The van der Waals surface area contributed by atoms with Gasteiger partial charge in [-0.1, -0.05) is 0 Å². The lowest BCUT2D eigenvalue weighted by atomic mass is 10.1. The fraction of sp³-hybridized carbons (Fsp3) is 0.250. The van der Waals surface area contributed by atoms with E-state index in [-0.39, 0.29) is 5.69 Å². The van der Waals surface area contributed by atoms with E-state index in [1.54, 1.807) is 16.9 Å². The van der Waals surface area contributed by atoms with Crippen molar-refractivity contribution in [3.63, 3.8) is 0 Å². The van der Waals surface area contributed by atoms with Gasteiger partial charge in [0.05, 0.1) is 16.2 Å². The fourth-order valence-corrected chi connectivity index (χ4v) is 3.07. The van der Waals surface area contributed by atoms with E-state index in [9.17, 15) is 15.4 Å². The van der Waals surface area contributed by atoms with Crippen molar-refractivity contribution in [1.82, 2.24) is 19.8 Å². The SMILES string of the molecule is N#Cc1cc([N+](=O)[O-])ccc1N1CCN(c2ccc3nncn3n2)CC1. The van der Waals surface area contributed by atoms with Crippen LogP contribution in [0.5, 0.6) is 0 Å². The minimum atomic E-state index is -0.491. The molecule has 1 aromatic carbocycles. The number of aromatic nitrogens is 4. The van der Waals surface area contributed by atoms with Crippen LogP contribution < -0.4 is 9.80 Å². The molecule has 3 aromatic rings. The van der Waals surface area contributed by atoms with E-state index < -0.39 is 4.92 Å². The lowest BCUT2D eigenvalue weighted by molar-refractivity contribution is -0.384. The smallest absolute Gasteiger partial charge is 0.270 e. The third-order valence-corrected chi connectivity index (χ3v) is 4.40. The van der Waals surface area contributed by atoms with E-state index in [0.717, 1.165) is 24.6 Å². The number of nitriles is 1. The van der Waals surface area contributed by atoms with Gasteiger partial charge in [0.25, 0.3) is 5.69 Å². The Labute approximate surface area is 148 Å². The van der Waals surface area contributed by atoms with Crippen LogP contribution in [0.2, 0.25) is 0 Å². The maximum atomic E-state index is 10.9. The molecule has 1 saturated heterocycles. The molecule has 1 fully saturated rings. The average Bonchev–Trinajstić information content (AvgIpc) is 3.15. The molecule has 10 heteroatoms. The zero-order chi connectivity index (χ0) is 18.1. The molecule has 0 aliphatic carbocycles. The number of nitro groups is 1. The van der Waals surface area contributed by atoms with Gasteiger partial charge in [0.2, 0.25) is 0 Å². The molecule has 0 bridgehead atoms. The van der Waals surface area contributed by atoms with E-state index in [1.165, 1.54) is 12.1 Å². The van der Waals surface area contributed by atoms with E-state index in [4.69, 9.17) is 0 Å². The van der Waals surface area contributed by atoms with Crippen LogP contribution in [-0.2, 0) is 0 Å². The predicted molar refractivity (Wildman–Crippen MR) is 93.0 cm³/mol. The first-order valence-electron chi connectivity index (χ1n) is 8.01. The minimum Gasteiger partial charge on any atom is -0.367 e. The summed E-state index contributed by atoms with van der Waals surface area (Å²) in [5.74, 6) is 0.834. The fourth-order valence-electron chi connectivity index (χ4n) is 3.07. The largest absolute Gasteiger partial charge is 0.367 e. The molecular weight excluding hydrogens is 336 g/mol. The van der Waals surface area contributed by atoms with Crippen LogP contribution in [0.4, 0.5) is 17.2 Å². The standard InChI is InChI=1S/C16H14N8O2/c17-10-12-9-13(24(25)26)1-2-14(12)21-5-7-22(8-6-21)16-4-3-15-19-18-11-23(15)20-16/h1-4,9,11H,5-8H2. The van der Waals surface area contributed by atoms with Crippen LogP contribution in [0, 0.1) is 21.4 Å². The molecule has 2 aromatic heterocycles. The lowest BCUT2D eigenvalue weighted by Crippen LogP contribution is -2.47. The molecule has 0 radical (unpaired) electrons. The summed E-state index contributed by atoms with van der Waals surface area (Å²) in [7, 11) is 0. The Morgan fingerprint density at radius 2 is 1.88 bits per heavy atom. The highest BCUT2D eigenvalue weighted by molar-refractivity contribution is 5.63. The summed E-state index contributed by atoms with van der Waals surface area (Å²) in [6.07, 6.45) is 1.56. The Hall–Kier alpha value is -3.74. The quantitative estimate of drug-likeness (QED) is 0.511. The molecule has 1 aliphatic rings. The van der Waals surface area contributed by atoms with Gasteiger partial charge in [-0.3, -0.25) is 10.1 Å². The first-order chi connectivity index (χ1) is 12.7. The minimum absolute atomic E-state index is 0.0737. The van der Waals surface area contributed by atoms with Gasteiger partial charge < -0.3 is 9.80 Å². The van der Waals surface area contributed by atoms with Crippen molar-refractivity contribution in [2.75, 3.05) is 36.0 Å². The number of nitrogens with zero attached hydrogens (tertiary/aromatic N) is 8. The molecule has 0 unspecified atom stereocenters. The Morgan fingerprint density at radius 1 is 1.12 bits per heavy atom. The molecular formula is C16H14N8O2. The summed E-state index contributed by atoms with van der Waals surface area (Å²) >= 11 is 0. The van der Waals surface area contributed by atoms with Crippen molar-refractivity contribution in [1.29, 1.82) is 5.26 Å². The van der Waals surface area contributed by atoms with Crippen molar-refractivity contribution in [3.05, 3.63) is 52.3 Å². The second-order valence-electron chi connectivity index (χ2n) is 5.87.